The van der Waals surface area contributed by atoms with Crippen LogP contribution in [-0.4, -0.2) is 22.6 Å². The van der Waals surface area contributed by atoms with Crippen LogP contribution in [0, 0.1) is 20.8 Å². The highest BCUT2D eigenvalue weighted by Crippen LogP contribution is 2.21. The maximum atomic E-state index is 12.4. The Kier molecular flexibility index (Phi) is 6.03. The number of aryl methyl sites for hydroxylation is 2. The third-order valence-corrected chi connectivity index (χ3v) is 3.64. The molecule has 0 saturated heterocycles. The molecule has 3 N–H and O–H groups in total. The first-order chi connectivity index (χ1) is 10.2. The summed E-state index contributed by atoms with van der Waals surface area (Å²) in [4.78, 5) is 12.4. The number of rotatable bonds is 4. The normalized spacial score (nSPS) is 11.0. The Morgan fingerprint density at radius 2 is 1.87 bits per heavy atom. The molecule has 0 saturated carbocycles. The molecule has 2 aromatic rings. The van der Waals surface area contributed by atoms with Crippen LogP contribution >= 0.6 is 12.4 Å². The molecule has 23 heavy (non-hydrogen) atoms. The molecule has 0 atom stereocenters. The van der Waals surface area contributed by atoms with E-state index in [1.807, 2.05) is 39.8 Å². The van der Waals surface area contributed by atoms with E-state index in [2.05, 4.69) is 35.0 Å². The van der Waals surface area contributed by atoms with Crippen LogP contribution in [0.4, 0.5) is 0 Å². The highest BCUT2D eigenvalue weighted by Gasteiger charge is 2.18. The molecule has 0 aliphatic carbocycles. The lowest BCUT2D eigenvalue weighted by atomic mass is 10.1. The minimum absolute atomic E-state index is 0. The predicted molar refractivity (Wildman–Crippen MR) is 97.8 cm³/mol. The van der Waals surface area contributed by atoms with E-state index in [4.69, 9.17) is 5.73 Å². The highest BCUT2D eigenvalue weighted by atomic mass is 35.5. The largest absolute Gasteiger partial charge is 0.350 e. The summed E-state index contributed by atoms with van der Waals surface area (Å²) in [5, 5.41) is 2.91. The van der Waals surface area contributed by atoms with Crippen molar-refractivity contribution in [2.24, 2.45) is 5.73 Å². The molecule has 0 radical (unpaired) electrons. The van der Waals surface area contributed by atoms with Crippen LogP contribution in [0.3, 0.4) is 0 Å². The number of carbonyl (C=O) groups excluding carboxylic acids is 1. The van der Waals surface area contributed by atoms with Crippen LogP contribution in [0.15, 0.2) is 30.3 Å². The number of amides is 1. The molecule has 1 aromatic heterocycles. The van der Waals surface area contributed by atoms with Crippen LogP contribution in [0.5, 0.6) is 0 Å². The number of aromatic nitrogens is 1. The first-order valence-electron chi connectivity index (χ1n) is 7.52. The van der Waals surface area contributed by atoms with E-state index in [0.29, 0.717) is 12.1 Å². The van der Waals surface area contributed by atoms with E-state index in [-0.39, 0.29) is 18.3 Å². The highest BCUT2D eigenvalue weighted by molar-refractivity contribution is 5.96. The fourth-order valence-electron chi connectivity index (χ4n) is 2.56. The number of nitrogens with one attached hydrogen (secondary N) is 1. The second kappa shape index (κ2) is 7.20. The van der Waals surface area contributed by atoms with Crippen molar-refractivity contribution in [2.75, 3.05) is 6.54 Å². The van der Waals surface area contributed by atoms with Gasteiger partial charge < -0.3 is 15.6 Å². The summed E-state index contributed by atoms with van der Waals surface area (Å²) in [6.45, 7) is 10.3. The smallest absolute Gasteiger partial charge is 0.253 e. The maximum Gasteiger partial charge on any atom is 0.253 e. The lowest BCUT2D eigenvalue weighted by Crippen LogP contribution is -2.45. The lowest BCUT2D eigenvalue weighted by molar-refractivity contribution is 0.0945. The summed E-state index contributed by atoms with van der Waals surface area (Å²) in [7, 11) is 0. The summed E-state index contributed by atoms with van der Waals surface area (Å²) >= 11 is 0. The van der Waals surface area contributed by atoms with E-state index in [1.54, 1.807) is 0 Å². The van der Waals surface area contributed by atoms with Crippen molar-refractivity contribution in [3.05, 3.63) is 52.8 Å². The van der Waals surface area contributed by atoms with E-state index < -0.39 is 5.54 Å². The average Bonchev–Trinajstić information content (AvgIpc) is 2.70. The van der Waals surface area contributed by atoms with E-state index >= 15 is 0 Å². The van der Waals surface area contributed by atoms with Crippen LogP contribution < -0.4 is 11.1 Å². The molecular weight excluding hydrogens is 310 g/mol. The predicted octanol–water partition coefficient (Wildman–Crippen LogP) is 3.29. The molecule has 1 aromatic carbocycles. The number of hydrogen-bond donors (Lipinski definition) is 2. The third-order valence-electron chi connectivity index (χ3n) is 3.64. The molecule has 0 bridgehead atoms. The molecule has 2 rings (SSSR count). The minimum atomic E-state index is -0.419. The number of halogens is 1. The summed E-state index contributed by atoms with van der Waals surface area (Å²) < 4.78 is 2.11. The molecule has 0 spiro atoms. The molecule has 1 amide bonds. The Labute approximate surface area is 144 Å². The van der Waals surface area contributed by atoms with Gasteiger partial charge in [0.25, 0.3) is 5.91 Å². The first-order valence-corrected chi connectivity index (χ1v) is 7.52. The summed E-state index contributed by atoms with van der Waals surface area (Å²) in [6.07, 6.45) is 0. The van der Waals surface area contributed by atoms with Crippen LogP contribution in [0.25, 0.3) is 5.69 Å². The topological polar surface area (TPSA) is 60.0 Å². The van der Waals surface area contributed by atoms with Crippen molar-refractivity contribution < 1.29 is 4.79 Å². The van der Waals surface area contributed by atoms with Gasteiger partial charge in [0.05, 0.1) is 5.56 Å². The Balaban J connectivity index is 0.00000264. The van der Waals surface area contributed by atoms with Gasteiger partial charge in [0.1, 0.15) is 0 Å². The van der Waals surface area contributed by atoms with Gasteiger partial charge in [-0.05, 0) is 58.4 Å². The molecule has 4 nitrogen and oxygen atoms in total. The Bertz CT molecular complexity index is 699. The van der Waals surface area contributed by atoms with Gasteiger partial charge in [-0.2, -0.15) is 0 Å². The van der Waals surface area contributed by atoms with Crippen molar-refractivity contribution in [3.8, 4) is 5.69 Å². The van der Waals surface area contributed by atoms with Crippen molar-refractivity contribution in [1.82, 2.24) is 9.88 Å². The van der Waals surface area contributed by atoms with Crippen molar-refractivity contribution in [3.63, 3.8) is 0 Å². The molecule has 0 aliphatic rings. The third kappa shape index (κ3) is 4.60. The van der Waals surface area contributed by atoms with Gasteiger partial charge in [0.2, 0.25) is 0 Å². The van der Waals surface area contributed by atoms with Gasteiger partial charge in [0, 0.05) is 29.2 Å². The van der Waals surface area contributed by atoms with Crippen LogP contribution in [-0.2, 0) is 0 Å². The molecule has 5 heteroatoms. The lowest BCUT2D eigenvalue weighted by Gasteiger charge is -2.19. The SMILES string of the molecule is Cc1cccc(-n2c(C)cc(C(=O)NCC(C)(C)N)c2C)c1.Cl. The first kappa shape index (κ1) is 19.3. The summed E-state index contributed by atoms with van der Waals surface area (Å²) in [5.41, 5.74) is 10.5. The minimum Gasteiger partial charge on any atom is -0.350 e. The number of carbonyl (C=O) groups is 1. The summed E-state index contributed by atoms with van der Waals surface area (Å²) in [6, 6.07) is 10.2. The second-order valence-electron chi connectivity index (χ2n) is 6.63. The standard InChI is InChI=1S/C18H25N3O.ClH/c1-12-7-6-8-15(9-12)21-13(2)10-16(14(21)3)17(22)20-11-18(4,5)19;/h6-10H,11,19H2,1-5H3,(H,20,22);1H. The quantitative estimate of drug-likeness (QED) is 0.900. The fourth-order valence-corrected chi connectivity index (χ4v) is 2.56. The van der Waals surface area contributed by atoms with Crippen molar-refractivity contribution >= 4 is 18.3 Å². The van der Waals surface area contributed by atoms with E-state index in [0.717, 1.165) is 17.1 Å². The second-order valence-corrected chi connectivity index (χ2v) is 6.63. The fraction of sp³-hybridized carbons (Fsp3) is 0.389. The molecular formula is C18H26ClN3O. The molecule has 126 valence electrons. The summed E-state index contributed by atoms with van der Waals surface area (Å²) in [5.74, 6) is -0.0782. The molecule has 1 heterocycles. The zero-order chi connectivity index (χ0) is 16.5. The molecule has 0 unspecified atom stereocenters. The van der Waals surface area contributed by atoms with Gasteiger partial charge in [-0.1, -0.05) is 12.1 Å². The van der Waals surface area contributed by atoms with Gasteiger partial charge in [-0.3, -0.25) is 4.79 Å². The van der Waals surface area contributed by atoms with Gasteiger partial charge >= 0.3 is 0 Å². The zero-order valence-corrected chi connectivity index (χ0v) is 15.3. The number of hydrogen-bond acceptors (Lipinski definition) is 2. The van der Waals surface area contributed by atoms with Gasteiger partial charge in [0.15, 0.2) is 0 Å². The van der Waals surface area contributed by atoms with Gasteiger partial charge in [-0.25, -0.2) is 0 Å². The number of nitrogens with two attached hydrogens (primary N) is 1. The molecule has 0 aliphatic heterocycles. The van der Waals surface area contributed by atoms with Crippen molar-refractivity contribution in [2.45, 2.75) is 40.2 Å². The Hall–Kier alpha value is -1.78. The van der Waals surface area contributed by atoms with Gasteiger partial charge in [-0.15, -0.1) is 12.4 Å². The zero-order valence-electron chi connectivity index (χ0n) is 14.4. The van der Waals surface area contributed by atoms with E-state index in [1.165, 1.54) is 5.56 Å². The molecule has 0 fully saturated rings. The monoisotopic (exact) mass is 335 g/mol. The van der Waals surface area contributed by atoms with Crippen LogP contribution in [0.2, 0.25) is 0 Å². The number of nitrogens with zero attached hydrogens (tertiary/aromatic N) is 1. The van der Waals surface area contributed by atoms with Crippen LogP contribution in [0.1, 0.15) is 41.2 Å². The maximum absolute atomic E-state index is 12.4. The number of benzene rings is 1. The average molecular weight is 336 g/mol. The Morgan fingerprint density at radius 3 is 2.43 bits per heavy atom. The Morgan fingerprint density at radius 1 is 1.22 bits per heavy atom. The van der Waals surface area contributed by atoms with Crippen molar-refractivity contribution in [1.29, 1.82) is 0 Å². The van der Waals surface area contributed by atoms with E-state index in [9.17, 15) is 4.79 Å².